The van der Waals surface area contributed by atoms with E-state index in [4.69, 9.17) is 28.4 Å². The quantitative estimate of drug-likeness (QED) is 0.268. The summed E-state index contributed by atoms with van der Waals surface area (Å²) >= 11 is 0. The molecule has 6 nitrogen and oxygen atoms in total. The highest BCUT2D eigenvalue weighted by molar-refractivity contribution is 5.79. The Morgan fingerprint density at radius 2 is 0.865 bits per heavy atom. The predicted molar refractivity (Wildman–Crippen MR) is 146 cm³/mol. The van der Waals surface area contributed by atoms with Crippen LogP contribution in [-0.2, 0) is 18.9 Å². The largest absolute Gasteiger partial charge is 0.494 e. The first-order valence-corrected chi connectivity index (χ1v) is 13.7. The fourth-order valence-electron chi connectivity index (χ4n) is 5.48. The van der Waals surface area contributed by atoms with Crippen molar-refractivity contribution in [2.24, 2.45) is 0 Å². The second-order valence-corrected chi connectivity index (χ2v) is 8.77. The Bertz CT molecular complexity index is 1060. The van der Waals surface area contributed by atoms with Crippen molar-refractivity contribution in [2.45, 2.75) is 59.8 Å². The van der Waals surface area contributed by atoms with Gasteiger partial charge < -0.3 is 28.4 Å². The molecule has 37 heavy (non-hydrogen) atoms. The summed E-state index contributed by atoms with van der Waals surface area (Å²) < 4.78 is 37.1. The molecule has 2 aliphatic rings. The minimum atomic E-state index is -0.0260. The molecule has 0 heterocycles. The summed E-state index contributed by atoms with van der Waals surface area (Å²) in [6, 6.07) is 12.4. The molecule has 6 heteroatoms. The Labute approximate surface area is 221 Å². The summed E-state index contributed by atoms with van der Waals surface area (Å²) in [4.78, 5) is 0. The normalized spacial score (nSPS) is 18.0. The first-order chi connectivity index (χ1) is 18.1. The summed E-state index contributed by atoms with van der Waals surface area (Å²) in [6.45, 7) is 15.4. The average Bonchev–Trinajstić information content (AvgIpc) is 3.35. The van der Waals surface area contributed by atoms with E-state index in [2.05, 4.69) is 24.3 Å². The van der Waals surface area contributed by atoms with E-state index >= 15 is 0 Å². The molecular formula is C31H40O6. The highest BCUT2D eigenvalue weighted by atomic mass is 16.5. The highest BCUT2D eigenvalue weighted by Gasteiger charge is 2.43. The summed E-state index contributed by atoms with van der Waals surface area (Å²) in [5.41, 5.74) is 4.29. The number of hydrogen-bond donors (Lipinski definition) is 0. The Kier molecular flexibility index (Phi) is 8.91. The van der Waals surface area contributed by atoms with Crippen molar-refractivity contribution in [1.82, 2.24) is 0 Å². The van der Waals surface area contributed by atoms with Gasteiger partial charge in [-0.05, 0) is 71.2 Å². The molecule has 0 aliphatic heterocycles. The molecular weight excluding hydrogens is 468 g/mol. The summed E-state index contributed by atoms with van der Waals surface area (Å²) in [6.07, 6.45) is 0.739. The molecule has 0 radical (unpaired) electrons. The van der Waals surface area contributed by atoms with Gasteiger partial charge in [0.05, 0.1) is 50.8 Å². The maximum Gasteiger partial charge on any atom is 0.168 e. The van der Waals surface area contributed by atoms with Gasteiger partial charge in [0.15, 0.2) is 11.5 Å². The number of ether oxygens (including phenoxy) is 6. The molecule has 0 spiro atoms. The molecule has 0 fully saturated rings. The number of hydrogen-bond acceptors (Lipinski definition) is 6. The zero-order chi connectivity index (χ0) is 26.4. The molecule has 2 aromatic rings. The van der Waals surface area contributed by atoms with E-state index in [9.17, 15) is 0 Å². The Morgan fingerprint density at radius 1 is 0.486 bits per heavy atom. The first-order valence-electron chi connectivity index (χ1n) is 13.7. The molecule has 2 atom stereocenters. The smallest absolute Gasteiger partial charge is 0.168 e. The fourth-order valence-corrected chi connectivity index (χ4v) is 5.48. The predicted octanol–water partition coefficient (Wildman–Crippen LogP) is 7.25. The molecule has 2 aliphatic carbocycles. The van der Waals surface area contributed by atoms with Gasteiger partial charge >= 0.3 is 0 Å². The van der Waals surface area contributed by atoms with E-state index in [1.807, 2.05) is 53.7 Å². The van der Waals surface area contributed by atoms with Crippen molar-refractivity contribution >= 4 is 11.5 Å². The van der Waals surface area contributed by atoms with Crippen LogP contribution in [0, 0.1) is 0 Å². The van der Waals surface area contributed by atoms with Gasteiger partial charge in [0.1, 0.15) is 23.0 Å². The first kappa shape index (κ1) is 26.8. The molecule has 0 saturated heterocycles. The lowest BCUT2D eigenvalue weighted by atomic mass is 9.85. The van der Waals surface area contributed by atoms with Crippen molar-refractivity contribution in [1.29, 1.82) is 0 Å². The summed E-state index contributed by atoms with van der Waals surface area (Å²) in [7, 11) is 0. The zero-order valence-electron chi connectivity index (χ0n) is 23.0. The average molecular weight is 509 g/mol. The topological polar surface area (TPSA) is 55.4 Å². The van der Waals surface area contributed by atoms with E-state index < -0.39 is 0 Å². The Morgan fingerprint density at radius 3 is 1.22 bits per heavy atom. The molecule has 0 saturated carbocycles. The molecule has 200 valence electrons. The van der Waals surface area contributed by atoms with E-state index in [1.165, 1.54) is 0 Å². The van der Waals surface area contributed by atoms with Crippen molar-refractivity contribution in [3.63, 3.8) is 0 Å². The van der Waals surface area contributed by atoms with Crippen molar-refractivity contribution in [2.75, 3.05) is 39.6 Å². The Balaban J connectivity index is 1.87. The van der Waals surface area contributed by atoms with Crippen molar-refractivity contribution in [3.8, 4) is 11.5 Å². The number of fused-ring (bicyclic) bond motifs is 2. The third-order valence-corrected chi connectivity index (χ3v) is 6.65. The van der Waals surface area contributed by atoms with Crippen LogP contribution in [0.3, 0.4) is 0 Å². The molecule has 4 rings (SSSR count). The van der Waals surface area contributed by atoms with Crippen molar-refractivity contribution in [3.05, 3.63) is 70.2 Å². The lowest BCUT2D eigenvalue weighted by molar-refractivity contribution is 0.175. The van der Waals surface area contributed by atoms with Crippen LogP contribution in [0.1, 0.15) is 82.1 Å². The monoisotopic (exact) mass is 508 g/mol. The minimum Gasteiger partial charge on any atom is -0.494 e. The van der Waals surface area contributed by atoms with Crippen molar-refractivity contribution < 1.29 is 28.4 Å². The van der Waals surface area contributed by atoms with Crippen LogP contribution in [0.5, 0.6) is 11.5 Å². The number of rotatable bonds is 14. The summed E-state index contributed by atoms with van der Waals surface area (Å²) in [5, 5.41) is 0. The van der Waals surface area contributed by atoms with Crippen LogP contribution in [0.25, 0.3) is 11.5 Å². The Hall–Kier alpha value is -3.28. The van der Waals surface area contributed by atoms with E-state index in [0.29, 0.717) is 39.6 Å². The van der Waals surface area contributed by atoms with Crippen LogP contribution in [-0.4, -0.2) is 39.6 Å². The second-order valence-electron chi connectivity index (χ2n) is 8.77. The van der Waals surface area contributed by atoms with Gasteiger partial charge in [0.25, 0.3) is 0 Å². The van der Waals surface area contributed by atoms with Gasteiger partial charge in [0, 0.05) is 11.8 Å². The van der Waals surface area contributed by atoms with Gasteiger partial charge in [-0.2, -0.15) is 0 Å². The molecule has 0 aromatic heterocycles. The van der Waals surface area contributed by atoms with E-state index in [0.717, 1.165) is 63.2 Å². The second kappa shape index (κ2) is 12.3. The van der Waals surface area contributed by atoms with Crippen LogP contribution in [0.2, 0.25) is 0 Å². The summed E-state index contributed by atoms with van der Waals surface area (Å²) in [5.74, 6) is 4.87. The number of benzene rings is 2. The number of allylic oxidation sites excluding steroid dienone is 2. The van der Waals surface area contributed by atoms with Crippen LogP contribution in [0.15, 0.2) is 47.9 Å². The molecule has 0 bridgehead atoms. The van der Waals surface area contributed by atoms with Crippen LogP contribution < -0.4 is 9.47 Å². The SMILES string of the molecule is CCOC1=C(OCC)C(CC2C(OCC)=C(OCC)c3c(OCC)cccc32)c2cccc(OCC)c21. The van der Waals surface area contributed by atoms with Gasteiger partial charge in [-0.25, -0.2) is 0 Å². The van der Waals surface area contributed by atoms with Crippen LogP contribution >= 0.6 is 0 Å². The lowest BCUT2D eigenvalue weighted by Crippen LogP contribution is -2.11. The molecule has 2 aromatic carbocycles. The van der Waals surface area contributed by atoms with Gasteiger partial charge in [-0.1, -0.05) is 24.3 Å². The third-order valence-electron chi connectivity index (χ3n) is 6.65. The molecule has 2 unspecified atom stereocenters. The van der Waals surface area contributed by atoms with E-state index in [1.54, 1.807) is 0 Å². The highest BCUT2D eigenvalue weighted by Crippen LogP contribution is 2.55. The molecule has 0 amide bonds. The fraction of sp³-hybridized carbons (Fsp3) is 0.484. The lowest BCUT2D eigenvalue weighted by Gasteiger charge is -2.23. The van der Waals surface area contributed by atoms with Gasteiger partial charge in [-0.15, -0.1) is 0 Å². The van der Waals surface area contributed by atoms with Crippen LogP contribution in [0.4, 0.5) is 0 Å². The maximum atomic E-state index is 6.31. The van der Waals surface area contributed by atoms with Gasteiger partial charge in [0.2, 0.25) is 0 Å². The zero-order valence-corrected chi connectivity index (χ0v) is 23.0. The third kappa shape index (κ3) is 4.98. The minimum absolute atomic E-state index is 0.0260. The van der Waals surface area contributed by atoms with Gasteiger partial charge in [-0.3, -0.25) is 0 Å². The van der Waals surface area contributed by atoms with E-state index in [-0.39, 0.29) is 11.8 Å². The maximum absolute atomic E-state index is 6.31. The molecule has 0 N–H and O–H groups in total. The standard InChI is InChI=1S/C31H40O6/c1-7-32-24-17-13-15-20-22(28(34-9-3)30(26(20)24)36-11-5)19-23-21-16-14-18-25(33-8-2)27(21)31(37-12-6)29(23)35-10-4/h13-18,22-23H,7-12,19H2,1-6H3.